The van der Waals surface area contributed by atoms with Gasteiger partial charge in [-0.3, -0.25) is 4.98 Å². The normalized spacial score (nSPS) is 12.7. The highest BCUT2D eigenvalue weighted by Gasteiger charge is 2.38. The summed E-state index contributed by atoms with van der Waals surface area (Å²) in [6.07, 6.45) is 43.7. The Morgan fingerprint density at radius 3 is 0.955 bits per heavy atom. The van der Waals surface area contributed by atoms with Gasteiger partial charge in [0.15, 0.2) is 0 Å². The van der Waals surface area contributed by atoms with E-state index in [-0.39, 0.29) is 6.10 Å². The summed E-state index contributed by atoms with van der Waals surface area (Å²) in [7, 11) is 0. The molecule has 1 aliphatic carbocycles. The van der Waals surface area contributed by atoms with E-state index in [4.69, 9.17) is 4.74 Å². The number of nitrogens with zero attached hydrogens (tertiary/aromatic N) is 6. The third-order valence-electron chi connectivity index (χ3n) is 25.4. The van der Waals surface area contributed by atoms with Gasteiger partial charge in [-0.05, 0) is 149 Å². The average molecular weight is 1780 g/mol. The zero-order valence-corrected chi connectivity index (χ0v) is 81.7. The number of aliphatic hydroxyl groups is 1. The second-order valence-electron chi connectivity index (χ2n) is 35.2. The lowest BCUT2D eigenvalue weighted by Gasteiger charge is -2.39. The maximum Gasteiger partial charge on any atom is 0.108 e. The van der Waals surface area contributed by atoms with Gasteiger partial charge in [-0.2, -0.15) is 5.26 Å². The molecule has 12 aromatic carbocycles. The molecule has 1 aliphatic rings. The smallest absolute Gasteiger partial charge is 0.108 e. The van der Waals surface area contributed by atoms with Crippen molar-refractivity contribution in [3.8, 4) is 6.07 Å². The second kappa shape index (κ2) is 62.9. The zero-order valence-electron chi connectivity index (χ0n) is 81.7. The summed E-state index contributed by atoms with van der Waals surface area (Å²) >= 11 is 0. The van der Waals surface area contributed by atoms with E-state index in [9.17, 15) is 10.4 Å². The number of rotatable bonds is 37. The first kappa shape index (κ1) is 105. The maximum atomic E-state index is 11.2. The van der Waals surface area contributed by atoms with Gasteiger partial charge < -0.3 is 19.0 Å². The van der Waals surface area contributed by atoms with Gasteiger partial charge in [0.1, 0.15) is 11.5 Å². The van der Waals surface area contributed by atoms with Crippen LogP contribution in [0.2, 0.25) is 0 Å². The third kappa shape index (κ3) is 34.9. The summed E-state index contributed by atoms with van der Waals surface area (Å²) in [5, 5.41) is 21.0. The molecule has 0 aliphatic heterocycles. The fraction of sp³-hybridized carbons (Fsp3) is 0.333. The predicted molar refractivity (Wildman–Crippen MR) is 566 cm³/mol. The first-order valence-electron chi connectivity index (χ1n) is 50.3. The molecule has 698 valence electrons. The number of unbranched alkanes of at least 4 members (excludes halogenated alkanes) is 4. The Labute approximate surface area is 807 Å². The zero-order chi connectivity index (χ0) is 94.4. The van der Waals surface area contributed by atoms with E-state index in [0.29, 0.717) is 35.8 Å². The molecule has 1 fully saturated rings. The number of nitriles is 1. The molecule has 134 heavy (non-hydrogen) atoms. The monoisotopic (exact) mass is 1780 g/mol. The van der Waals surface area contributed by atoms with Crippen LogP contribution in [0.1, 0.15) is 318 Å². The van der Waals surface area contributed by atoms with E-state index in [1.165, 1.54) is 165 Å². The van der Waals surface area contributed by atoms with Crippen LogP contribution in [-0.4, -0.2) is 35.8 Å². The molecule has 4 atom stereocenters. The van der Waals surface area contributed by atoms with Crippen molar-refractivity contribution in [2.24, 2.45) is 5.92 Å². The van der Waals surface area contributed by atoms with Gasteiger partial charge >= 0.3 is 0 Å². The van der Waals surface area contributed by atoms with Crippen LogP contribution in [0.3, 0.4) is 0 Å². The summed E-state index contributed by atoms with van der Waals surface area (Å²) in [5.74, 6) is 2.05. The van der Waals surface area contributed by atoms with Gasteiger partial charge in [0, 0.05) is 61.5 Å². The number of benzene rings is 12. The molecule has 8 heteroatoms. The van der Waals surface area contributed by atoms with Gasteiger partial charge in [-0.1, -0.05) is 515 Å². The van der Waals surface area contributed by atoms with Crippen molar-refractivity contribution in [1.29, 1.82) is 5.26 Å². The second-order valence-corrected chi connectivity index (χ2v) is 35.2. The average Bonchev–Trinajstić information content (AvgIpc) is 1.01. The Hall–Kier alpha value is -12.4. The van der Waals surface area contributed by atoms with Gasteiger partial charge in [-0.15, -0.1) is 0 Å². The highest BCUT2D eigenvalue weighted by Crippen LogP contribution is 2.44. The molecule has 3 heterocycles. The first-order chi connectivity index (χ1) is 66.1. The molecular weight excluding hydrogens is 1630 g/mol. The molecule has 4 unspecified atom stereocenters. The van der Waals surface area contributed by atoms with Crippen LogP contribution in [0.25, 0.3) is 0 Å². The Morgan fingerprint density at radius 1 is 0.313 bits per heavy atom. The van der Waals surface area contributed by atoms with E-state index < -0.39 is 11.0 Å². The number of imidazole rings is 2. The van der Waals surface area contributed by atoms with Gasteiger partial charge in [0.25, 0.3) is 0 Å². The number of hydrogen-bond donors (Lipinski definition) is 1. The number of hydrogen-bond acceptors (Lipinski definition) is 6. The summed E-state index contributed by atoms with van der Waals surface area (Å²) in [5.41, 5.74) is 15.8. The summed E-state index contributed by atoms with van der Waals surface area (Å²) < 4.78 is 10.3. The van der Waals surface area contributed by atoms with Crippen LogP contribution in [0.4, 0.5) is 0 Å². The molecule has 1 saturated carbocycles. The molecule has 0 saturated heterocycles. The largest absolute Gasteiger partial charge is 0.385 e. The maximum absolute atomic E-state index is 11.2. The molecule has 16 rings (SSSR count). The highest BCUT2D eigenvalue weighted by molar-refractivity contribution is 5.46. The van der Waals surface area contributed by atoms with E-state index in [1.807, 2.05) is 135 Å². The molecule has 0 spiro atoms. The van der Waals surface area contributed by atoms with E-state index in [1.54, 1.807) is 0 Å². The predicted octanol–water partition coefficient (Wildman–Crippen LogP) is 34.1. The van der Waals surface area contributed by atoms with Crippen LogP contribution in [-0.2, 0) is 15.8 Å². The van der Waals surface area contributed by atoms with E-state index in [2.05, 4.69) is 377 Å². The topological polar surface area (TPSA) is 102 Å². The van der Waals surface area contributed by atoms with Crippen molar-refractivity contribution in [3.63, 3.8) is 0 Å². The Balaban J connectivity index is 0.000000172. The van der Waals surface area contributed by atoms with Crippen molar-refractivity contribution in [2.75, 3.05) is 6.61 Å². The minimum absolute atomic E-state index is 0.0531. The van der Waals surface area contributed by atoms with Crippen LogP contribution in [0.5, 0.6) is 0 Å². The fourth-order valence-corrected chi connectivity index (χ4v) is 18.3. The quantitative estimate of drug-likeness (QED) is 0.0416. The third-order valence-corrected chi connectivity index (χ3v) is 25.4. The van der Waals surface area contributed by atoms with Crippen LogP contribution in [0.15, 0.2) is 426 Å². The lowest BCUT2D eigenvalue weighted by molar-refractivity contribution is -0.0477. The van der Waals surface area contributed by atoms with Crippen molar-refractivity contribution in [2.45, 2.75) is 256 Å². The van der Waals surface area contributed by atoms with Crippen molar-refractivity contribution in [3.05, 3.63) is 498 Å². The van der Waals surface area contributed by atoms with Gasteiger partial charge in [0.2, 0.25) is 0 Å². The molecule has 0 radical (unpaired) electrons. The van der Waals surface area contributed by atoms with Crippen LogP contribution >= 0.6 is 0 Å². The van der Waals surface area contributed by atoms with Crippen LogP contribution in [0, 0.1) is 17.2 Å². The highest BCUT2D eigenvalue weighted by atomic mass is 16.5. The van der Waals surface area contributed by atoms with Gasteiger partial charge in [-0.25, -0.2) is 9.97 Å². The molecule has 0 amide bonds. The summed E-state index contributed by atoms with van der Waals surface area (Å²) in [6, 6.07) is 134. The summed E-state index contributed by atoms with van der Waals surface area (Å²) in [6.45, 7) is 18.4. The molecule has 8 nitrogen and oxygen atoms in total. The minimum atomic E-state index is -0.586. The van der Waals surface area contributed by atoms with Crippen molar-refractivity contribution in [1.82, 2.24) is 24.1 Å². The molecule has 15 aromatic rings. The minimum Gasteiger partial charge on any atom is -0.385 e. The Bertz CT molecular complexity index is 4940. The molecule has 1 N–H and O–H groups in total. The van der Waals surface area contributed by atoms with Gasteiger partial charge in [0.05, 0.1) is 36.4 Å². The lowest BCUT2D eigenvalue weighted by Crippen LogP contribution is -2.36. The van der Waals surface area contributed by atoms with Crippen LogP contribution < -0.4 is 0 Å². The molecule has 0 bridgehead atoms. The SMILES string of the molecule is CCCC(C#N)(c1ccccc1)c1ccccc1.CCCC(c1ccccc1)c1ccccc1.CCCC(c1ccccc1)n1ccnc1.CCCCC(O)(c1ccccc1)C1CCCCC1.CCCCC(c1ccccc1)c1ccccc1.CCCCC(c1ccccc1)c1cccnc1.CCCCC(c1ccccc1)n1ccnc1.CCCOC(c1ccccc1)c1ccccc1. The van der Waals surface area contributed by atoms with E-state index in [0.717, 1.165) is 68.2 Å². The first-order valence-corrected chi connectivity index (χ1v) is 50.3. The standard InChI is InChI=1S/C17H17N.C17H26O.C17H20.C16H19N.C16H18O.C16H18.C14H18N2.C13H16N2/c1-2-13-17(14-18,15-9-5-3-6-10-15)16-11-7-4-8-12-16;1-2-3-14-17(18,15-10-6-4-7-11-15)16-12-8-5-9-13-16;1-2-3-14-17(15-10-6-4-7-11-15)16-12-8-5-9-13-16;1-2-3-11-16(14-8-5-4-6-9-14)15-10-7-12-17-13-15;1-2-13-17-16(14-9-5-3-6-10-14)15-11-7-4-8-12-15;1-2-9-16(14-10-5-3-6-11-14)15-12-7-4-8-13-15;1-2-3-9-14(16-11-10-15-12-16)13-7-5-4-6-8-13;1-2-6-13(15-10-9-14-11-15)12-7-4-3-5-8-12/h3-12H,2,13H2,1H3;4,6-7,10-11,16,18H,2-3,5,8-9,12-14H2,1H3;4-13,17H,2-3,14H2,1H3;4-10,12-13,16H,2-3,11H2,1H3;3-12,16H,2,13H2,1H3;3-8,10-13,16H,2,9H2,1H3;4-8,10-12,14H,2-3,9H2,1H3;3-5,7-11,13H,2,6H2,1H3. The summed E-state index contributed by atoms with van der Waals surface area (Å²) in [4.78, 5) is 12.5. The molecule has 3 aromatic heterocycles. The number of ether oxygens (including phenoxy) is 1. The molecular formula is C126H152N6O2. The number of aromatic nitrogens is 5. The lowest BCUT2D eigenvalue weighted by atomic mass is 9.71. The van der Waals surface area contributed by atoms with Crippen molar-refractivity contribution >= 4 is 0 Å². The Morgan fingerprint density at radius 2 is 0.634 bits per heavy atom. The van der Waals surface area contributed by atoms with E-state index >= 15 is 0 Å². The van der Waals surface area contributed by atoms with Crippen molar-refractivity contribution < 1.29 is 9.84 Å². The fourth-order valence-electron chi connectivity index (χ4n) is 18.3. The Kier molecular flexibility index (Phi) is 49.5. The number of pyridine rings is 1.